The lowest BCUT2D eigenvalue weighted by Gasteiger charge is -2.26. The molecular weight excluding hydrogens is 230 g/mol. The average molecular weight is 253 g/mol. The van der Waals surface area contributed by atoms with E-state index < -0.39 is 5.60 Å². The van der Waals surface area contributed by atoms with E-state index in [2.05, 4.69) is 5.32 Å². The van der Waals surface area contributed by atoms with E-state index in [0.29, 0.717) is 12.2 Å². The zero-order chi connectivity index (χ0) is 13.6. The number of methoxy groups -OCH3 is 2. The largest absolute Gasteiger partial charge is 0.497 e. The molecule has 0 amide bonds. The van der Waals surface area contributed by atoms with Gasteiger partial charge in [-0.1, -0.05) is 6.92 Å². The van der Waals surface area contributed by atoms with Crippen LogP contribution < -0.4 is 14.8 Å². The molecule has 0 fully saturated rings. The standard InChI is InChI=1S/C14H23NO3/c1-5-15-9-8-14(2,16)12-10-11(17-3)6-7-13(12)18-4/h6-7,10,15-16H,5,8-9H2,1-4H3. The fraction of sp³-hybridized carbons (Fsp3) is 0.571. The van der Waals surface area contributed by atoms with E-state index in [9.17, 15) is 5.11 Å². The van der Waals surface area contributed by atoms with Crippen LogP contribution in [0.1, 0.15) is 25.8 Å². The molecule has 2 N–H and O–H groups in total. The molecule has 0 heterocycles. The van der Waals surface area contributed by atoms with Gasteiger partial charge in [0.15, 0.2) is 0 Å². The van der Waals surface area contributed by atoms with Gasteiger partial charge in [-0.05, 0) is 44.6 Å². The van der Waals surface area contributed by atoms with Crippen LogP contribution in [0.5, 0.6) is 11.5 Å². The predicted octanol–water partition coefficient (Wildman–Crippen LogP) is 1.91. The topological polar surface area (TPSA) is 50.7 Å². The number of ether oxygens (including phenoxy) is 2. The summed E-state index contributed by atoms with van der Waals surface area (Å²) in [4.78, 5) is 0. The van der Waals surface area contributed by atoms with Crippen LogP contribution in [0.25, 0.3) is 0 Å². The van der Waals surface area contributed by atoms with Gasteiger partial charge in [-0.25, -0.2) is 0 Å². The van der Waals surface area contributed by atoms with Gasteiger partial charge in [-0.15, -0.1) is 0 Å². The van der Waals surface area contributed by atoms with Crippen LogP contribution in [-0.2, 0) is 5.60 Å². The predicted molar refractivity (Wildman–Crippen MR) is 72.3 cm³/mol. The molecule has 0 aliphatic carbocycles. The summed E-state index contributed by atoms with van der Waals surface area (Å²) in [6.07, 6.45) is 0.615. The van der Waals surface area contributed by atoms with Crippen molar-refractivity contribution < 1.29 is 14.6 Å². The molecule has 0 aliphatic rings. The van der Waals surface area contributed by atoms with Crippen LogP contribution in [0.4, 0.5) is 0 Å². The first kappa shape index (κ1) is 14.8. The Morgan fingerprint density at radius 1 is 1.28 bits per heavy atom. The molecule has 1 atom stereocenters. The highest BCUT2D eigenvalue weighted by molar-refractivity contribution is 5.43. The Hall–Kier alpha value is -1.26. The Balaban J connectivity index is 2.96. The number of rotatable bonds is 7. The van der Waals surface area contributed by atoms with Crippen LogP contribution in [0.3, 0.4) is 0 Å². The van der Waals surface area contributed by atoms with Crippen LogP contribution in [0.15, 0.2) is 18.2 Å². The molecule has 1 aromatic rings. The van der Waals surface area contributed by atoms with Crippen LogP contribution in [-0.4, -0.2) is 32.4 Å². The molecule has 18 heavy (non-hydrogen) atoms. The SMILES string of the molecule is CCNCCC(C)(O)c1cc(OC)ccc1OC. The smallest absolute Gasteiger partial charge is 0.125 e. The maximum atomic E-state index is 10.6. The van der Waals surface area contributed by atoms with Gasteiger partial charge in [-0.2, -0.15) is 0 Å². The first-order valence-corrected chi connectivity index (χ1v) is 6.20. The molecule has 0 radical (unpaired) electrons. The minimum Gasteiger partial charge on any atom is -0.497 e. The lowest BCUT2D eigenvalue weighted by Crippen LogP contribution is -2.28. The molecule has 0 saturated carbocycles. The minimum atomic E-state index is -0.942. The van der Waals surface area contributed by atoms with Crippen molar-refractivity contribution in [1.29, 1.82) is 0 Å². The van der Waals surface area contributed by atoms with Gasteiger partial charge in [0.2, 0.25) is 0 Å². The molecule has 0 bridgehead atoms. The fourth-order valence-corrected chi connectivity index (χ4v) is 1.88. The molecule has 102 valence electrons. The second kappa shape index (κ2) is 6.61. The number of nitrogens with one attached hydrogen (secondary N) is 1. The van der Waals surface area contributed by atoms with E-state index in [0.717, 1.165) is 24.4 Å². The highest BCUT2D eigenvalue weighted by Gasteiger charge is 2.26. The Bertz CT molecular complexity index is 377. The molecule has 1 aromatic carbocycles. The molecular formula is C14H23NO3. The third-order valence-electron chi connectivity index (χ3n) is 3.03. The van der Waals surface area contributed by atoms with Crippen LogP contribution in [0, 0.1) is 0 Å². The van der Waals surface area contributed by atoms with Gasteiger partial charge in [-0.3, -0.25) is 0 Å². The Labute approximate surface area is 109 Å². The summed E-state index contributed by atoms with van der Waals surface area (Å²) in [5.74, 6) is 1.40. The Morgan fingerprint density at radius 2 is 2.00 bits per heavy atom. The summed E-state index contributed by atoms with van der Waals surface area (Å²) >= 11 is 0. The summed E-state index contributed by atoms with van der Waals surface area (Å²) in [5, 5.41) is 13.8. The van der Waals surface area contributed by atoms with Gasteiger partial charge < -0.3 is 19.9 Å². The summed E-state index contributed by atoms with van der Waals surface area (Å²) in [5.41, 5.74) is -0.190. The van der Waals surface area contributed by atoms with Crippen molar-refractivity contribution in [2.75, 3.05) is 27.3 Å². The van der Waals surface area contributed by atoms with Gasteiger partial charge in [0.25, 0.3) is 0 Å². The van der Waals surface area contributed by atoms with Crippen LogP contribution in [0.2, 0.25) is 0 Å². The third kappa shape index (κ3) is 3.62. The summed E-state index contributed by atoms with van der Waals surface area (Å²) in [7, 11) is 3.21. The zero-order valence-corrected chi connectivity index (χ0v) is 11.6. The highest BCUT2D eigenvalue weighted by atomic mass is 16.5. The van der Waals surface area contributed by atoms with E-state index in [4.69, 9.17) is 9.47 Å². The van der Waals surface area contributed by atoms with Gasteiger partial charge >= 0.3 is 0 Å². The molecule has 4 heteroatoms. The van der Waals surface area contributed by atoms with E-state index in [-0.39, 0.29) is 0 Å². The van der Waals surface area contributed by atoms with E-state index in [1.807, 2.05) is 25.1 Å². The van der Waals surface area contributed by atoms with E-state index >= 15 is 0 Å². The molecule has 0 saturated heterocycles. The van der Waals surface area contributed by atoms with Crippen molar-refractivity contribution in [3.63, 3.8) is 0 Å². The first-order valence-electron chi connectivity index (χ1n) is 6.20. The zero-order valence-electron chi connectivity index (χ0n) is 11.6. The minimum absolute atomic E-state index is 0.615. The summed E-state index contributed by atoms with van der Waals surface area (Å²) in [6.45, 7) is 5.48. The van der Waals surface area contributed by atoms with Crippen molar-refractivity contribution in [2.24, 2.45) is 0 Å². The second-order valence-corrected chi connectivity index (χ2v) is 4.44. The monoisotopic (exact) mass is 253 g/mol. The summed E-state index contributed by atoms with van der Waals surface area (Å²) < 4.78 is 10.5. The lowest BCUT2D eigenvalue weighted by atomic mass is 9.91. The Morgan fingerprint density at radius 3 is 2.56 bits per heavy atom. The maximum absolute atomic E-state index is 10.6. The van der Waals surface area contributed by atoms with Crippen LogP contribution >= 0.6 is 0 Å². The molecule has 1 unspecified atom stereocenters. The third-order valence-corrected chi connectivity index (χ3v) is 3.03. The van der Waals surface area contributed by atoms with Gasteiger partial charge in [0, 0.05) is 5.56 Å². The molecule has 4 nitrogen and oxygen atoms in total. The van der Waals surface area contributed by atoms with Gasteiger partial charge in [0.05, 0.1) is 19.8 Å². The number of hydrogen-bond donors (Lipinski definition) is 2. The average Bonchev–Trinajstić information content (AvgIpc) is 2.38. The quantitative estimate of drug-likeness (QED) is 0.729. The first-order chi connectivity index (χ1) is 8.55. The van der Waals surface area contributed by atoms with Crippen molar-refractivity contribution in [3.05, 3.63) is 23.8 Å². The van der Waals surface area contributed by atoms with Crippen molar-refractivity contribution >= 4 is 0 Å². The number of aliphatic hydroxyl groups is 1. The van der Waals surface area contributed by atoms with E-state index in [1.165, 1.54) is 0 Å². The Kier molecular flexibility index (Phi) is 5.44. The molecule has 0 aliphatic heterocycles. The maximum Gasteiger partial charge on any atom is 0.125 e. The lowest BCUT2D eigenvalue weighted by molar-refractivity contribution is 0.0454. The molecule has 0 aromatic heterocycles. The van der Waals surface area contributed by atoms with E-state index in [1.54, 1.807) is 21.1 Å². The number of hydrogen-bond acceptors (Lipinski definition) is 4. The molecule has 1 rings (SSSR count). The van der Waals surface area contributed by atoms with Crippen molar-refractivity contribution in [3.8, 4) is 11.5 Å². The number of benzene rings is 1. The second-order valence-electron chi connectivity index (χ2n) is 4.44. The normalized spacial score (nSPS) is 14.1. The molecule has 0 spiro atoms. The summed E-state index contributed by atoms with van der Waals surface area (Å²) in [6, 6.07) is 5.46. The van der Waals surface area contributed by atoms with Gasteiger partial charge in [0.1, 0.15) is 11.5 Å². The van der Waals surface area contributed by atoms with Crippen molar-refractivity contribution in [1.82, 2.24) is 5.32 Å². The van der Waals surface area contributed by atoms with Crippen molar-refractivity contribution in [2.45, 2.75) is 25.9 Å². The highest BCUT2D eigenvalue weighted by Crippen LogP contribution is 2.34. The fourth-order valence-electron chi connectivity index (χ4n) is 1.88.